The van der Waals surface area contributed by atoms with Crippen molar-refractivity contribution in [3.63, 3.8) is 0 Å². The summed E-state index contributed by atoms with van der Waals surface area (Å²) >= 11 is 1.62. The standard InChI is InChI=1S/C23H30N6OS/c1-17-4-6-18(7-5-17)20-16-29-22(25-20)31-23(26-29)28-13-8-19(9-14-28)21(30)24-10-15-27-11-2-3-12-27/h4-7,16,19H,2-3,8-15H2,1H3,(H,24,30). The summed E-state index contributed by atoms with van der Waals surface area (Å²) in [5.41, 5.74) is 3.31. The van der Waals surface area contributed by atoms with E-state index in [9.17, 15) is 4.79 Å². The van der Waals surface area contributed by atoms with Crippen LogP contribution in [-0.4, -0.2) is 64.7 Å². The third-order valence-electron chi connectivity index (χ3n) is 6.44. The molecule has 2 aliphatic heterocycles. The molecule has 0 spiro atoms. The van der Waals surface area contributed by atoms with E-state index in [2.05, 4.69) is 46.3 Å². The first kappa shape index (κ1) is 20.5. The van der Waals surface area contributed by atoms with E-state index < -0.39 is 0 Å². The SMILES string of the molecule is Cc1ccc(-c2cn3nc(N4CCC(C(=O)NCCN5CCCC5)CC4)sc3n2)cc1. The first-order valence-electron chi connectivity index (χ1n) is 11.3. The van der Waals surface area contributed by atoms with Gasteiger partial charge in [-0.1, -0.05) is 41.2 Å². The highest BCUT2D eigenvalue weighted by atomic mass is 32.1. The van der Waals surface area contributed by atoms with Crippen LogP contribution in [0.3, 0.4) is 0 Å². The normalized spacial score (nSPS) is 18.2. The number of aryl methyl sites for hydroxylation is 1. The maximum absolute atomic E-state index is 12.5. The number of rotatable bonds is 6. The lowest BCUT2D eigenvalue weighted by atomic mass is 9.96. The molecule has 7 nitrogen and oxygen atoms in total. The summed E-state index contributed by atoms with van der Waals surface area (Å²) in [6.07, 6.45) is 6.35. The molecule has 2 aromatic heterocycles. The van der Waals surface area contributed by atoms with Crippen LogP contribution < -0.4 is 10.2 Å². The van der Waals surface area contributed by atoms with Crippen molar-refractivity contribution in [2.24, 2.45) is 5.92 Å². The fourth-order valence-electron chi connectivity index (χ4n) is 4.50. The van der Waals surface area contributed by atoms with E-state index in [0.717, 1.165) is 60.4 Å². The molecule has 0 atom stereocenters. The van der Waals surface area contributed by atoms with Crippen LogP contribution in [0.4, 0.5) is 5.13 Å². The van der Waals surface area contributed by atoms with Crippen molar-refractivity contribution < 1.29 is 4.79 Å². The molecule has 164 valence electrons. The van der Waals surface area contributed by atoms with E-state index in [-0.39, 0.29) is 11.8 Å². The number of benzene rings is 1. The van der Waals surface area contributed by atoms with Crippen molar-refractivity contribution in [2.75, 3.05) is 44.2 Å². The number of fused-ring (bicyclic) bond motifs is 1. The molecule has 0 aliphatic carbocycles. The molecule has 31 heavy (non-hydrogen) atoms. The third kappa shape index (κ3) is 4.60. The Kier molecular flexibility index (Phi) is 5.91. The average Bonchev–Trinajstić information content (AvgIpc) is 3.51. The van der Waals surface area contributed by atoms with Crippen molar-refractivity contribution in [3.05, 3.63) is 36.0 Å². The smallest absolute Gasteiger partial charge is 0.223 e. The fraction of sp³-hybridized carbons (Fsp3) is 0.522. The van der Waals surface area contributed by atoms with Gasteiger partial charge in [-0.05, 0) is 45.7 Å². The molecule has 2 saturated heterocycles. The Labute approximate surface area is 187 Å². The number of imidazole rings is 1. The first-order valence-corrected chi connectivity index (χ1v) is 12.2. The van der Waals surface area contributed by atoms with Crippen molar-refractivity contribution in [2.45, 2.75) is 32.6 Å². The van der Waals surface area contributed by atoms with E-state index in [1.54, 1.807) is 11.3 Å². The van der Waals surface area contributed by atoms with Crippen molar-refractivity contribution >= 4 is 27.3 Å². The predicted molar refractivity (Wildman–Crippen MR) is 125 cm³/mol. The molecular formula is C23H30N6OS. The lowest BCUT2D eigenvalue weighted by Crippen LogP contribution is -2.42. The van der Waals surface area contributed by atoms with Crippen LogP contribution in [0.15, 0.2) is 30.5 Å². The molecule has 0 unspecified atom stereocenters. The van der Waals surface area contributed by atoms with Crippen LogP contribution >= 0.6 is 11.3 Å². The van der Waals surface area contributed by atoms with Gasteiger partial charge < -0.3 is 15.1 Å². The molecule has 8 heteroatoms. The molecule has 1 aromatic carbocycles. The van der Waals surface area contributed by atoms with Crippen molar-refractivity contribution in [1.29, 1.82) is 0 Å². The van der Waals surface area contributed by atoms with Crippen molar-refractivity contribution in [1.82, 2.24) is 24.8 Å². The van der Waals surface area contributed by atoms with Gasteiger partial charge in [-0.25, -0.2) is 9.50 Å². The number of amides is 1. The Morgan fingerprint density at radius 3 is 2.58 bits per heavy atom. The number of likely N-dealkylation sites (tertiary alicyclic amines) is 1. The number of nitrogens with one attached hydrogen (secondary N) is 1. The molecule has 5 rings (SSSR count). The molecule has 0 radical (unpaired) electrons. The molecule has 2 fully saturated rings. The lowest BCUT2D eigenvalue weighted by Gasteiger charge is -2.30. The Balaban J connectivity index is 1.14. The number of anilines is 1. The minimum atomic E-state index is 0.118. The van der Waals surface area contributed by atoms with E-state index in [0.29, 0.717) is 0 Å². The van der Waals surface area contributed by atoms with E-state index in [4.69, 9.17) is 10.1 Å². The Morgan fingerprint density at radius 2 is 1.87 bits per heavy atom. The summed E-state index contributed by atoms with van der Waals surface area (Å²) in [4.78, 5) is 22.9. The zero-order chi connectivity index (χ0) is 21.2. The quantitative estimate of drug-likeness (QED) is 0.640. The van der Waals surface area contributed by atoms with Crippen LogP contribution in [-0.2, 0) is 4.79 Å². The summed E-state index contributed by atoms with van der Waals surface area (Å²) in [7, 11) is 0. The van der Waals surface area contributed by atoms with Gasteiger partial charge in [0, 0.05) is 37.7 Å². The second kappa shape index (κ2) is 8.96. The van der Waals surface area contributed by atoms with Gasteiger partial charge in [0.25, 0.3) is 0 Å². The number of piperidine rings is 1. The highest BCUT2D eigenvalue weighted by molar-refractivity contribution is 7.20. The maximum Gasteiger partial charge on any atom is 0.223 e. The molecule has 2 aliphatic rings. The molecule has 0 bridgehead atoms. The Hall–Kier alpha value is -2.45. The summed E-state index contributed by atoms with van der Waals surface area (Å²) in [5, 5.41) is 8.90. The van der Waals surface area contributed by atoms with Crippen LogP contribution in [0, 0.1) is 12.8 Å². The molecule has 1 amide bonds. The number of hydrogen-bond acceptors (Lipinski definition) is 6. The van der Waals surface area contributed by atoms with Crippen LogP contribution in [0.5, 0.6) is 0 Å². The summed E-state index contributed by atoms with van der Waals surface area (Å²) in [6, 6.07) is 8.41. The number of carbonyl (C=O) groups is 1. The summed E-state index contributed by atoms with van der Waals surface area (Å²) in [6.45, 7) is 7.93. The van der Waals surface area contributed by atoms with Crippen LogP contribution in [0.25, 0.3) is 16.2 Å². The molecule has 4 heterocycles. The van der Waals surface area contributed by atoms with Crippen LogP contribution in [0.2, 0.25) is 0 Å². The lowest BCUT2D eigenvalue weighted by molar-refractivity contribution is -0.125. The highest BCUT2D eigenvalue weighted by Gasteiger charge is 2.27. The third-order valence-corrected chi connectivity index (χ3v) is 7.43. The monoisotopic (exact) mass is 438 g/mol. The van der Waals surface area contributed by atoms with Gasteiger partial charge in [0.15, 0.2) is 0 Å². The molecular weight excluding hydrogens is 408 g/mol. The van der Waals surface area contributed by atoms with Gasteiger partial charge in [-0.3, -0.25) is 4.79 Å². The second-order valence-electron chi connectivity index (χ2n) is 8.71. The molecule has 1 N–H and O–H groups in total. The van der Waals surface area contributed by atoms with Gasteiger partial charge in [0.05, 0.1) is 11.9 Å². The van der Waals surface area contributed by atoms with E-state index in [1.807, 2.05) is 10.7 Å². The molecule has 0 saturated carbocycles. The maximum atomic E-state index is 12.5. The zero-order valence-electron chi connectivity index (χ0n) is 18.1. The largest absolute Gasteiger partial charge is 0.355 e. The molecule has 3 aromatic rings. The van der Waals surface area contributed by atoms with E-state index >= 15 is 0 Å². The second-order valence-corrected chi connectivity index (χ2v) is 9.64. The zero-order valence-corrected chi connectivity index (χ0v) is 18.9. The van der Waals surface area contributed by atoms with Gasteiger partial charge >= 0.3 is 0 Å². The van der Waals surface area contributed by atoms with Gasteiger partial charge in [-0.2, -0.15) is 0 Å². The summed E-state index contributed by atoms with van der Waals surface area (Å²) < 4.78 is 1.88. The predicted octanol–water partition coefficient (Wildman–Crippen LogP) is 3.19. The number of aromatic nitrogens is 3. The van der Waals surface area contributed by atoms with E-state index in [1.165, 1.54) is 31.5 Å². The minimum Gasteiger partial charge on any atom is -0.355 e. The van der Waals surface area contributed by atoms with Gasteiger partial charge in [0.1, 0.15) is 0 Å². The Morgan fingerprint density at radius 1 is 1.13 bits per heavy atom. The first-order chi connectivity index (χ1) is 15.2. The average molecular weight is 439 g/mol. The Bertz CT molecular complexity index is 997. The minimum absolute atomic E-state index is 0.118. The van der Waals surface area contributed by atoms with Gasteiger partial charge in [-0.15, -0.1) is 5.10 Å². The van der Waals surface area contributed by atoms with Crippen LogP contribution in [0.1, 0.15) is 31.2 Å². The van der Waals surface area contributed by atoms with Crippen molar-refractivity contribution in [3.8, 4) is 11.3 Å². The topological polar surface area (TPSA) is 65.8 Å². The number of carbonyl (C=O) groups excluding carboxylic acids is 1. The fourth-order valence-corrected chi connectivity index (χ4v) is 5.44. The van der Waals surface area contributed by atoms with Gasteiger partial charge in [0.2, 0.25) is 16.0 Å². The number of hydrogen-bond donors (Lipinski definition) is 1. The summed E-state index contributed by atoms with van der Waals surface area (Å²) in [5.74, 6) is 0.336. The highest BCUT2D eigenvalue weighted by Crippen LogP contribution is 2.29. The number of nitrogens with zero attached hydrogens (tertiary/aromatic N) is 5.